The van der Waals surface area contributed by atoms with Gasteiger partial charge in [0.1, 0.15) is 0 Å². The van der Waals surface area contributed by atoms with Crippen LogP contribution in [-0.2, 0) is 4.79 Å². The first-order valence-corrected chi connectivity index (χ1v) is 6.30. The number of rotatable bonds is 2. The van der Waals surface area contributed by atoms with E-state index in [1.54, 1.807) is 0 Å². The molecule has 1 amide bonds. The summed E-state index contributed by atoms with van der Waals surface area (Å²) in [5, 5.41) is 0. The molecule has 3 nitrogen and oxygen atoms in total. The molecule has 18 heavy (non-hydrogen) atoms. The fourth-order valence-electron chi connectivity index (χ4n) is 2.26. The van der Waals surface area contributed by atoms with Crippen LogP contribution in [0.25, 0.3) is 0 Å². The Labute approximate surface area is 108 Å². The first kappa shape index (κ1) is 12.7. The zero-order chi connectivity index (χ0) is 13.0. The molecule has 1 unspecified atom stereocenters. The highest BCUT2D eigenvalue weighted by Crippen LogP contribution is 2.25. The van der Waals surface area contributed by atoms with Crippen LogP contribution >= 0.6 is 0 Å². The van der Waals surface area contributed by atoms with E-state index in [0.29, 0.717) is 13.0 Å². The zero-order valence-corrected chi connectivity index (χ0v) is 10.6. The monoisotopic (exact) mass is 242 g/mol. The Morgan fingerprint density at radius 3 is 2.67 bits per heavy atom. The first-order chi connectivity index (χ1) is 8.72. The highest BCUT2D eigenvalue weighted by molar-refractivity contribution is 5.78. The second kappa shape index (κ2) is 5.70. The largest absolute Gasteiger partial charge is 0.336 e. The molecule has 1 saturated heterocycles. The molecule has 2 N–H and O–H groups in total. The molecule has 2 rings (SSSR count). The summed E-state index contributed by atoms with van der Waals surface area (Å²) in [6, 6.07) is 8.19. The molecule has 0 radical (unpaired) electrons. The minimum atomic E-state index is 0.150. The van der Waals surface area contributed by atoms with Crippen molar-refractivity contribution in [2.75, 3.05) is 13.1 Å². The van der Waals surface area contributed by atoms with Crippen LogP contribution in [-0.4, -0.2) is 23.9 Å². The third-order valence-corrected chi connectivity index (χ3v) is 3.31. The number of amides is 1. The molecule has 0 aliphatic carbocycles. The SMILES string of the molecule is CC(c1ccc(C#CCN)cc1)N1CCCC1=O. The van der Waals surface area contributed by atoms with E-state index in [2.05, 4.69) is 18.8 Å². The van der Waals surface area contributed by atoms with Crippen LogP contribution in [0.5, 0.6) is 0 Å². The lowest BCUT2D eigenvalue weighted by atomic mass is 10.1. The van der Waals surface area contributed by atoms with Crippen LogP contribution in [0.4, 0.5) is 0 Å². The van der Waals surface area contributed by atoms with Crippen molar-refractivity contribution in [2.24, 2.45) is 5.73 Å². The smallest absolute Gasteiger partial charge is 0.223 e. The molecule has 0 bridgehead atoms. The predicted molar refractivity (Wildman–Crippen MR) is 71.7 cm³/mol. The molecule has 1 aliphatic rings. The lowest BCUT2D eigenvalue weighted by molar-refractivity contribution is -0.129. The quantitative estimate of drug-likeness (QED) is 0.802. The van der Waals surface area contributed by atoms with Crippen molar-refractivity contribution in [3.05, 3.63) is 35.4 Å². The molecule has 0 saturated carbocycles. The number of carbonyl (C=O) groups excluding carboxylic acids is 1. The molecule has 1 heterocycles. The van der Waals surface area contributed by atoms with Crippen molar-refractivity contribution < 1.29 is 4.79 Å². The number of carbonyl (C=O) groups is 1. The predicted octanol–water partition coefficient (Wildman–Crippen LogP) is 1.68. The summed E-state index contributed by atoms with van der Waals surface area (Å²) in [5.74, 6) is 6.08. The summed E-state index contributed by atoms with van der Waals surface area (Å²) in [6.45, 7) is 3.32. The number of hydrogen-bond donors (Lipinski definition) is 1. The van der Waals surface area contributed by atoms with E-state index in [-0.39, 0.29) is 11.9 Å². The molecule has 1 fully saturated rings. The first-order valence-electron chi connectivity index (χ1n) is 6.30. The van der Waals surface area contributed by atoms with Crippen molar-refractivity contribution in [1.82, 2.24) is 4.90 Å². The lowest BCUT2D eigenvalue weighted by Gasteiger charge is -2.24. The van der Waals surface area contributed by atoms with Crippen LogP contribution in [0.1, 0.15) is 36.9 Å². The molecule has 1 atom stereocenters. The van der Waals surface area contributed by atoms with Crippen LogP contribution in [0.15, 0.2) is 24.3 Å². The van der Waals surface area contributed by atoms with Gasteiger partial charge in [-0.1, -0.05) is 24.0 Å². The molecule has 0 aromatic heterocycles. The van der Waals surface area contributed by atoms with E-state index in [0.717, 1.165) is 24.1 Å². The number of nitrogens with two attached hydrogens (primary N) is 1. The van der Waals surface area contributed by atoms with Gasteiger partial charge in [-0.15, -0.1) is 0 Å². The molecular weight excluding hydrogens is 224 g/mol. The van der Waals surface area contributed by atoms with Crippen molar-refractivity contribution in [1.29, 1.82) is 0 Å². The van der Waals surface area contributed by atoms with E-state index in [1.165, 1.54) is 0 Å². The fraction of sp³-hybridized carbons (Fsp3) is 0.400. The van der Waals surface area contributed by atoms with E-state index < -0.39 is 0 Å². The number of hydrogen-bond acceptors (Lipinski definition) is 2. The van der Waals surface area contributed by atoms with Gasteiger partial charge in [0, 0.05) is 18.5 Å². The Kier molecular flexibility index (Phi) is 4.01. The van der Waals surface area contributed by atoms with Crippen LogP contribution < -0.4 is 5.73 Å². The van der Waals surface area contributed by atoms with Crippen molar-refractivity contribution in [3.63, 3.8) is 0 Å². The lowest BCUT2D eigenvalue weighted by Crippen LogP contribution is -2.27. The van der Waals surface area contributed by atoms with E-state index in [1.807, 2.05) is 29.2 Å². The zero-order valence-electron chi connectivity index (χ0n) is 10.6. The van der Waals surface area contributed by atoms with Gasteiger partial charge in [0.05, 0.1) is 12.6 Å². The molecule has 1 aliphatic heterocycles. The van der Waals surface area contributed by atoms with Gasteiger partial charge in [-0.3, -0.25) is 4.79 Å². The summed E-state index contributed by atoms with van der Waals surface area (Å²) < 4.78 is 0. The highest BCUT2D eigenvalue weighted by Gasteiger charge is 2.25. The van der Waals surface area contributed by atoms with Crippen molar-refractivity contribution >= 4 is 5.91 Å². The summed E-state index contributed by atoms with van der Waals surface area (Å²) in [6.07, 6.45) is 1.66. The van der Waals surface area contributed by atoms with Crippen molar-refractivity contribution in [2.45, 2.75) is 25.8 Å². The third kappa shape index (κ3) is 2.72. The van der Waals surface area contributed by atoms with Crippen LogP contribution in [0, 0.1) is 11.8 Å². The topological polar surface area (TPSA) is 46.3 Å². The molecule has 0 spiro atoms. The van der Waals surface area contributed by atoms with Gasteiger partial charge in [-0.05, 0) is 31.0 Å². The maximum Gasteiger partial charge on any atom is 0.223 e. The Balaban J connectivity index is 2.11. The summed E-state index contributed by atoms with van der Waals surface area (Å²) in [5.41, 5.74) is 7.45. The maximum atomic E-state index is 11.7. The third-order valence-electron chi connectivity index (χ3n) is 3.31. The summed E-state index contributed by atoms with van der Waals surface area (Å²) >= 11 is 0. The Morgan fingerprint density at radius 2 is 2.11 bits per heavy atom. The van der Waals surface area contributed by atoms with Gasteiger partial charge in [-0.25, -0.2) is 0 Å². The second-order valence-electron chi connectivity index (χ2n) is 4.49. The van der Waals surface area contributed by atoms with Gasteiger partial charge < -0.3 is 10.6 Å². The second-order valence-corrected chi connectivity index (χ2v) is 4.49. The van der Waals surface area contributed by atoms with Gasteiger partial charge in [0.15, 0.2) is 0 Å². The summed E-state index contributed by atoms with van der Waals surface area (Å²) in [4.78, 5) is 13.6. The Hall–Kier alpha value is -1.79. The van der Waals surface area contributed by atoms with Crippen LogP contribution in [0.3, 0.4) is 0 Å². The number of benzene rings is 1. The number of nitrogens with zero attached hydrogens (tertiary/aromatic N) is 1. The highest BCUT2D eigenvalue weighted by atomic mass is 16.2. The normalized spacial score (nSPS) is 16.3. The molecule has 1 aromatic rings. The average Bonchev–Trinajstić information content (AvgIpc) is 2.82. The minimum absolute atomic E-state index is 0.150. The standard InChI is InChI=1S/C15H18N2O/c1-12(17-11-3-5-15(17)18)14-8-6-13(7-9-14)4-2-10-16/h6-9,12H,3,5,10-11,16H2,1H3. The van der Waals surface area contributed by atoms with Gasteiger partial charge >= 0.3 is 0 Å². The molecular formula is C15H18N2O. The summed E-state index contributed by atoms with van der Waals surface area (Å²) in [7, 11) is 0. The Morgan fingerprint density at radius 1 is 1.39 bits per heavy atom. The van der Waals surface area contributed by atoms with Crippen molar-refractivity contribution in [3.8, 4) is 11.8 Å². The molecule has 3 heteroatoms. The Bertz CT molecular complexity index is 481. The number of likely N-dealkylation sites (tertiary alicyclic amines) is 1. The van der Waals surface area contributed by atoms with E-state index in [4.69, 9.17) is 5.73 Å². The fourth-order valence-corrected chi connectivity index (χ4v) is 2.26. The van der Waals surface area contributed by atoms with Gasteiger partial charge in [-0.2, -0.15) is 0 Å². The van der Waals surface area contributed by atoms with E-state index in [9.17, 15) is 4.79 Å². The van der Waals surface area contributed by atoms with Crippen LogP contribution in [0.2, 0.25) is 0 Å². The van der Waals surface area contributed by atoms with E-state index >= 15 is 0 Å². The van der Waals surface area contributed by atoms with Gasteiger partial charge in [0.25, 0.3) is 0 Å². The minimum Gasteiger partial charge on any atom is -0.336 e. The molecule has 1 aromatic carbocycles. The molecule has 94 valence electrons. The maximum absolute atomic E-state index is 11.7. The van der Waals surface area contributed by atoms with Gasteiger partial charge in [0.2, 0.25) is 5.91 Å². The average molecular weight is 242 g/mol.